The molecular formula is C14H15N2O3-. The number of pyridine rings is 2. The zero-order valence-corrected chi connectivity index (χ0v) is 11.1. The molecule has 0 N–H and O–H groups in total. The van der Waals surface area contributed by atoms with E-state index in [1.165, 1.54) is 6.20 Å². The van der Waals surface area contributed by atoms with Gasteiger partial charge in [-0.15, -0.1) is 0 Å². The Kier molecular flexibility index (Phi) is 3.64. The molecule has 0 bridgehead atoms. The molecule has 1 unspecified atom stereocenters. The number of ether oxygens (including phenoxy) is 1. The minimum absolute atomic E-state index is 0.0431. The number of rotatable bonds is 4. The van der Waals surface area contributed by atoms with E-state index in [0.29, 0.717) is 11.0 Å². The Bertz CT molecular complexity index is 625. The summed E-state index contributed by atoms with van der Waals surface area (Å²) < 4.78 is 5.71. The number of carboxylic acid groups (broad SMARTS) is 1. The normalized spacial score (nSPS) is 12.4. The Labute approximate surface area is 111 Å². The molecule has 100 valence electrons. The summed E-state index contributed by atoms with van der Waals surface area (Å²) in [5.41, 5.74) is 1.25. The third-order valence-corrected chi connectivity index (χ3v) is 2.93. The van der Waals surface area contributed by atoms with E-state index in [1.54, 1.807) is 12.1 Å². The molecule has 5 heteroatoms. The van der Waals surface area contributed by atoms with Crippen molar-refractivity contribution in [3.8, 4) is 5.75 Å². The van der Waals surface area contributed by atoms with Gasteiger partial charge in [-0.05, 0) is 32.4 Å². The number of nitrogens with zero attached hydrogens (tertiary/aromatic N) is 2. The second-order valence-electron chi connectivity index (χ2n) is 4.45. The van der Waals surface area contributed by atoms with E-state index in [9.17, 15) is 9.90 Å². The summed E-state index contributed by atoms with van der Waals surface area (Å²) >= 11 is 0. The smallest absolute Gasteiger partial charge is 0.163 e. The number of aryl methyl sites for hydroxylation is 1. The Morgan fingerprint density at radius 3 is 2.84 bits per heavy atom. The quantitative estimate of drug-likeness (QED) is 0.831. The van der Waals surface area contributed by atoms with E-state index in [4.69, 9.17) is 4.74 Å². The van der Waals surface area contributed by atoms with Gasteiger partial charge in [-0.3, -0.25) is 0 Å². The van der Waals surface area contributed by atoms with Crippen LogP contribution in [0.15, 0.2) is 18.3 Å². The lowest BCUT2D eigenvalue weighted by Gasteiger charge is -2.18. The fourth-order valence-electron chi connectivity index (χ4n) is 1.70. The molecule has 0 spiro atoms. The maximum Gasteiger partial charge on any atom is 0.163 e. The van der Waals surface area contributed by atoms with E-state index in [-0.39, 0.29) is 17.4 Å². The van der Waals surface area contributed by atoms with Crippen LogP contribution in [0.1, 0.15) is 36.3 Å². The maximum absolute atomic E-state index is 11.2. The van der Waals surface area contributed by atoms with Crippen LogP contribution < -0.4 is 9.84 Å². The van der Waals surface area contributed by atoms with Gasteiger partial charge < -0.3 is 14.6 Å². The number of carbonyl (C=O) groups is 1. The van der Waals surface area contributed by atoms with Crippen molar-refractivity contribution >= 4 is 17.0 Å². The van der Waals surface area contributed by atoms with Crippen molar-refractivity contribution < 1.29 is 14.6 Å². The van der Waals surface area contributed by atoms with E-state index >= 15 is 0 Å². The molecule has 5 nitrogen and oxygen atoms in total. The summed E-state index contributed by atoms with van der Waals surface area (Å²) in [6, 6.07) is 3.57. The number of hydrogen-bond donors (Lipinski definition) is 0. The van der Waals surface area contributed by atoms with Crippen LogP contribution in [0.5, 0.6) is 5.75 Å². The van der Waals surface area contributed by atoms with Gasteiger partial charge in [0.25, 0.3) is 0 Å². The van der Waals surface area contributed by atoms with E-state index in [2.05, 4.69) is 9.97 Å². The minimum Gasteiger partial charge on any atom is -0.545 e. The average molecular weight is 259 g/mol. The second-order valence-corrected chi connectivity index (χ2v) is 4.45. The van der Waals surface area contributed by atoms with Crippen LogP contribution >= 0.6 is 0 Å². The van der Waals surface area contributed by atoms with Gasteiger partial charge >= 0.3 is 0 Å². The summed E-state index contributed by atoms with van der Waals surface area (Å²) in [5.74, 6) is -1.01. The Morgan fingerprint density at radius 2 is 2.21 bits per heavy atom. The predicted octanol–water partition coefficient (Wildman–Crippen LogP) is 1.48. The van der Waals surface area contributed by atoms with Gasteiger partial charge in [0, 0.05) is 11.9 Å². The second kappa shape index (κ2) is 5.22. The maximum atomic E-state index is 11.2. The van der Waals surface area contributed by atoms with Gasteiger partial charge in [-0.2, -0.15) is 0 Å². The van der Waals surface area contributed by atoms with Gasteiger partial charge in [-0.1, -0.05) is 6.92 Å². The molecule has 2 heterocycles. The molecule has 0 amide bonds. The zero-order chi connectivity index (χ0) is 14.0. The van der Waals surface area contributed by atoms with Crippen molar-refractivity contribution in [3.63, 3.8) is 0 Å². The largest absolute Gasteiger partial charge is 0.545 e. The highest BCUT2D eigenvalue weighted by atomic mass is 16.5. The number of aromatic nitrogens is 2. The Morgan fingerprint density at radius 1 is 1.47 bits per heavy atom. The van der Waals surface area contributed by atoms with Gasteiger partial charge in [0.05, 0.1) is 23.0 Å². The molecule has 0 aliphatic heterocycles. The van der Waals surface area contributed by atoms with Gasteiger partial charge in [0.2, 0.25) is 0 Å². The van der Waals surface area contributed by atoms with Gasteiger partial charge in [0.15, 0.2) is 5.65 Å². The molecule has 0 saturated carbocycles. The first-order chi connectivity index (χ1) is 9.02. The molecule has 1 atom stereocenters. The zero-order valence-electron chi connectivity index (χ0n) is 11.1. The van der Waals surface area contributed by atoms with E-state index < -0.39 is 5.97 Å². The van der Waals surface area contributed by atoms with Crippen molar-refractivity contribution in [1.29, 1.82) is 0 Å². The van der Waals surface area contributed by atoms with Crippen LogP contribution in [0.2, 0.25) is 0 Å². The number of carbonyl (C=O) groups excluding carboxylic acids is 1. The first-order valence-electron chi connectivity index (χ1n) is 6.17. The van der Waals surface area contributed by atoms with Crippen LogP contribution in [0, 0.1) is 6.92 Å². The molecule has 0 radical (unpaired) electrons. The third-order valence-electron chi connectivity index (χ3n) is 2.93. The molecule has 0 saturated heterocycles. The highest BCUT2D eigenvalue weighted by Gasteiger charge is 2.14. The monoisotopic (exact) mass is 259 g/mol. The molecule has 2 rings (SSSR count). The summed E-state index contributed by atoms with van der Waals surface area (Å²) in [5, 5.41) is 11.7. The minimum atomic E-state index is -1.30. The molecule has 0 aromatic carbocycles. The van der Waals surface area contributed by atoms with Crippen molar-refractivity contribution in [2.45, 2.75) is 33.3 Å². The van der Waals surface area contributed by atoms with E-state index in [1.807, 2.05) is 20.8 Å². The molecule has 2 aromatic rings. The summed E-state index contributed by atoms with van der Waals surface area (Å²) in [6.07, 6.45) is 1.92. The fraction of sp³-hybridized carbons (Fsp3) is 0.357. The molecule has 2 aromatic heterocycles. The van der Waals surface area contributed by atoms with Crippen LogP contribution in [-0.4, -0.2) is 22.0 Å². The SMILES string of the molecule is CCC(C)Oc1c(C(=O)[O-])cnc2nc(C)ccc12. The highest BCUT2D eigenvalue weighted by molar-refractivity contribution is 5.96. The lowest BCUT2D eigenvalue weighted by molar-refractivity contribution is -0.255. The van der Waals surface area contributed by atoms with Crippen LogP contribution in [-0.2, 0) is 0 Å². The molecular weight excluding hydrogens is 244 g/mol. The fourth-order valence-corrected chi connectivity index (χ4v) is 1.70. The average Bonchev–Trinajstić information content (AvgIpc) is 2.38. The van der Waals surface area contributed by atoms with Crippen molar-refractivity contribution in [3.05, 3.63) is 29.6 Å². The van der Waals surface area contributed by atoms with Crippen LogP contribution in [0.3, 0.4) is 0 Å². The van der Waals surface area contributed by atoms with Crippen LogP contribution in [0.25, 0.3) is 11.0 Å². The number of aromatic carboxylic acids is 1. The first-order valence-corrected chi connectivity index (χ1v) is 6.17. The number of fused-ring (bicyclic) bond motifs is 1. The van der Waals surface area contributed by atoms with Crippen molar-refractivity contribution in [1.82, 2.24) is 9.97 Å². The first kappa shape index (κ1) is 13.3. The standard InChI is InChI=1S/C14H16N2O3/c1-4-9(3)19-12-10-6-5-8(2)16-13(10)15-7-11(12)14(17)18/h5-7,9H,4H2,1-3H3,(H,17,18)/p-1. The molecule has 19 heavy (non-hydrogen) atoms. The number of carboxylic acids is 1. The van der Waals surface area contributed by atoms with E-state index in [0.717, 1.165) is 12.1 Å². The van der Waals surface area contributed by atoms with Crippen molar-refractivity contribution in [2.75, 3.05) is 0 Å². The molecule has 0 fully saturated rings. The van der Waals surface area contributed by atoms with Crippen LogP contribution in [0.4, 0.5) is 0 Å². The summed E-state index contributed by atoms with van der Waals surface area (Å²) in [7, 11) is 0. The van der Waals surface area contributed by atoms with Crippen molar-refractivity contribution in [2.24, 2.45) is 0 Å². The summed E-state index contributed by atoms with van der Waals surface area (Å²) in [4.78, 5) is 19.5. The summed E-state index contributed by atoms with van der Waals surface area (Å²) in [6.45, 7) is 5.70. The van der Waals surface area contributed by atoms with Gasteiger partial charge in [-0.25, -0.2) is 9.97 Å². The topological polar surface area (TPSA) is 75.1 Å². The third kappa shape index (κ3) is 2.65. The predicted molar refractivity (Wildman–Crippen MR) is 69.0 cm³/mol. The lowest BCUT2D eigenvalue weighted by Crippen LogP contribution is -2.24. The Hall–Kier alpha value is -2.17. The number of hydrogen-bond acceptors (Lipinski definition) is 5. The van der Waals surface area contributed by atoms with Gasteiger partial charge in [0.1, 0.15) is 5.75 Å². The highest BCUT2D eigenvalue weighted by Crippen LogP contribution is 2.28. The lowest BCUT2D eigenvalue weighted by atomic mass is 10.1. The Balaban J connectivity index is 2.65. The molecule has 0 aliphatic rings. The molecule has 0 aliphatic carbocycles.